The predicted octanol–water partition coefficient (Wildman–Crippen LogP) is -4.15. The van der Waals surface area contributed by atoms with Crippen molar-refractivity contribution in [3.63, 3.8) is 0 Å². The number of carboxylic acid groups (broad SMARTS) is 1. The molecule has 132 valence electrons. The van der Waals surface area contributed by atoms with Gasteiger partial charge in [-0.1, -0.05) is 0 Å². The molecule has 0 bridgehead atoms. The number of rotatable bonds is 6. The van der Waals surface area contributed by atoms with Crippen LogP contribution in [0.25, 0.3) is 0 Å². The highest BCUT2D eigenvalue weighted by atomic mass is 16.5. The van der Waals surface area contributed by atoms with Gasteiger partial charge >= 0.3 is 5.97 Å². The fourth-order valence-electron chi connectivity index (χ4n) is 2.07. The highest BCUT2D eigenvalue weighted by Crippen LogP contribution is 2.20. The lowest BCUT2D eigenvalue weighted by Crippen LogP contribution is -2.68. The van der Waals surface area contributed by atoms with Crippen LogP contribution in [0.15, 0.2) is 0 Å². The van der Waals surface area contributed by atoms with Gasteiger partial charge in [-0.15, -0.1) is 0 Å². The van der Waals surface area contributed by atoms with Crippen molar-refractivity contribution < 1.29 is 42.3 Å². The van der Waals surface area contributed by atoms with Crippen LogP contribution in [0.5, 0.6) is 0 Å². The molecule has 23 heavy (non-hydrogen) atoms. The van der Waals surface area contributed by atoms with Crippen molar-refractivity contribution in [3.8, 4) is 0 Å². The van der Waals surface area contributed by atoms with E-state index in [4.69, 9.17) is 23.4 Å². The Bertz CT molecular complexity index is 509. The Balaban J connectivity index is 2.89. The quantitative estimate of drug-likeness (QED) is 0.252. The number of aliphatic hydroxyl groups excluding tert-OH is 3. The second kappa shape index (κ2) is 8.17. The Morgan fingerprint density at radius 3 is 2.48 bits per heavy atom. The number of nitrogens with two attached hydrogens (primary N) is 1. The molecule has 0 radical (unpaired) electrons. The Morgan fingerprint density at radius 2 is 1.96 bits per heavy atom. The largest absolute Gasteiger partial charge is 0.480 e. The van der Waals surface area contributed by atoms with Crippen molar-refractivity contribution in [2.24, 2.45) is 5.73 Å². The highest BCUT2D eigenvalue weighted by molar-refractivity contribution is 5.84. The van der Waals surface area contributed by atoms with Gasteiger partial charge in [-0.3, -0.25) is 14.4 Å². The second-order valence-electron chi connectivity index (χ2n) is 5.01. The second-order valence-corrected chi connectivity index (χ2v) is 5.01. The minimum absolute atomic E-state index is 0.627. The van der Waals surface area contributed by atoms with Gasteiger partial charge in [0, 0.05) is 9.62 Å². The number of nitrogens with one attached hydrogen (secondary N) is 2. The van der Waals surface area contributed by atoms with E-state index in [0.717, 1.165) is 0 Å². The maximum atomic E-state index is 11.8. The molecule has 0 unspecified atom stereocenters. The van der Waals surface area contributed by atoms with Gasteiger partial charge in [0.25, 0.3) is 0 Å². The van der Waals surface area contributed by atoms with E-state index in [1.165, 1.54) is 0 Å². The molecular weight excluding hydrogens is 314 g/mol. The molecule has 1 heterocycles. The highest BCUT2D eigenvalue weighted by Gasteiger charge is 2.45. The van der Waals surface area contributed by atoms with Gasteiger partial charge in [0.15, 0.2) is 6.23 Å². The van der Waals surface area contributed by atoms with Crippen LogP contribution in [0.2, 0.25) is 0 Å². The molecular formula is C12H21N3O8. The van der Waals surface area contributed by atoms with E-state index in [-0.39, 0.29) is 0 Å². The minimum atomic E-state index is -1.93. The maximum Gasteiger partial charge on any atom is 0.321 e. The number of carbonyl (C=O) groups is 3. The number of hydrogen-bond acceptors (Lipinski definition) is 8. The number of aliphatic carboxylic acids is 1. The first kappa shape index (κ1) is 16.1. The molecule has 1 aliphatic rings. The van der Waals surface area contributed by atoms with Crippen molar-refractivity contribution in [2.45, 2.75) is 49.9 Å². The molecule has 0 saturated carbocycles. The zero-order valence-electron chi connectivity index (χ0n) is 14.0. The SMILES string of the molecule is [2H]C([2H])C(=O)N[C@@H]1[C@@H](O)[C@H](O)[C@@H](CO)O[C@H]1NC(=O)C[C@H](N)C(=O)O. The summed E-state index contributed by atoms with van der Waals surface area (Å²) in [5.41, 5.74) is 5.23. The number of hydrogen-bond donors (Lipinski definition) is 7. The van der Waals surface area contributed by atoms with Crippen LogP contribution in [0.3, 0.4) is 0 Å². The van der Waals surface area contributed by atoms with Crippen molar-refractivity contribution in [1.82, 2.24) is 10.6 Å². The Hall–Kier alpha value is -1.79. The van der Waals surface area contributed by atoms with E-state index in [1.54, 1.807) is 0 Å². The van der Waals surface area contributed by atoms with E-state index in [1.807, 2.05) is 0 Å². The third-order valence-electron chi connectivity index (χ3n) is 3.26. The van der Waals surface area contributed by atoms with Crippen LogP contribution < -0.4 is 16.4 Å². The van der Waals surface area contributed by atoms with Crippen LogP contribution in [-0.2, 0) is 19.1 Å². The van der Waals surface area contributed by atoms with E-state index in [0.29, 0.717) is 0 Å². The average Bonchev–Trinajstić information content (AvgIpc) is 2.53. The molecule has 1 rings (SSSR count). The third-order valence-corrected chi connectivity index (χ3v) is 3.26. The van der Waals surface area contributed by atoms with Crippen molar-refractivity contribution in [3.05, 3.63) is 0 Å². The molecule has 1 fully saturated rings. The lowest BCUT2D eigenvalue weighted by atomic mass is 9.95. The van der Waals surface area contributed by atoms with Gasteiger partial charge in [-0.2, -0.15) is 0 Å². The van der Waals surface area contributed by atoms with Crippen molar-refractivity contribution in [1.29, 1.82) is 0 Å². The predicted molar refractivity (Wildman–Crippen MR) is 73.7 cm³/mol. The number of carbonyl (C=O) groups excluding carboxylic acids is 2. The Kier molecular flexibility index (Phi) is 5.71. The first-order chi connectivity index (χ1) is 11.6. The van der Waals surface area contributed by atoms with Gasteiger partial charge < -0.3 is 41.5 Å². The summed E-state index contributed by atoms with van der Waals surface area (Å²) in [6, 6.07) is -2.93. The smallest absolute Gasteiger partial charge is 0.321 e. The molecule has 11 heteroatoms. The van der Waals surface area contributed by atoms with Crippen LogP contribution in [0.1, 0.15) is 16.0 Å². The molecule has 0 aromatic heterocycles. The zero-order chi connectivity index (χ0) is 19.3. The van der Waals surface area contributed by atoms with E-state index < -0.39 is 74.3 Å². The summed E-state index contributed by atoms with van der Waals surface area (Å²) in [5, 5.41) is 42.0. The molecule has 0 aromatic carbocycles. The van der Waals surface area contributed by atoms with Crippen molar-refractivity contribution >= 4 is 17.8 Å². The van der Waals surface area contributed by atoms with E-state index in [9.17, 15) is 24.6 Å². The molecule has 2 amide bonds. The molecule has 0 aromatic rings. The minimum Gasteiger partial charge on any atom is -0.480 e. The van der Waals surface area contributed by atoms with Gasteiger partial charge in [0.05, 0.1) is 13.0 Å². The normalized spacial score (nSPS) is 33.3. The summed E-state index contributed by atoms with van der Waals surface area (Å²) in [6.07, 6.45) is -6.67. The maximum absolute atomic E-state index is 11.8. The lowest BCUT2D eigenvalue weighted by Gasteiger charge is -2.42. The van der Waals surface area contributed by atoms with Gasteiger partial charge in [-0.05, 0) is 0 Å². The zero-order valence-corrected chi connectivity index (χ0v) is 12.0. The monoisotopic (exact) mass is 337 g/mol. The third kappa shape index (κ3) is 5.11. The molecule has 0 spiro atoms. The summed E-state index contributed by atoms with van der Waals surface area (Å²) in [5.74, 6) is -3.42. The number of aliphatic hydroxyl groups is 3. The summed E-state index contributed by atoms with van der Waals surface area (Å²) >= 11 is 0. The van der Waals surface area contributed by atoms with Gasteiger partial charge in [0.2, 0.25) is 11.8 Å². The van der Waals surface area contributed by atoms with Crippen molar-refractivity contribution in [2.75, 3.05) is 6.61 Å². The van der Waals surface area contributed by atoms with Crippen LogP contribution in [0.4, 0.5) is 0 Å². The average molecular weight is 337 g/mol. The van der Waals surface area contributed by atoms with Crippen LogP contribution in [-0.4, -0.2) is 81.4 Å². The molecule has 0 aliphatic carbocycles. The summed E-state index contributed by atoms with van der Waals surface area (Å²) in [6.45, 7) is -2.64. The lowest BCUT2D eigenvalue weighted by molar-refractivity contribution is -0.203. The number of carboxylic acids is 1. The number of amides is 2. The van der Waals surface area contributed by atoms with E-state index in [2.05, 4.69) is 10.6 Å². The summed E-state index contributed by atoms with van der Waals surface area (Å²) in [4.78, 5) is 34.0. The fraction of sp³-hybridized carbons (Fsp3) is 0.750. The molecule has 1 aliphatic heterocycles. The Labute approximate surface area is 134 Å². The standard InChI is InChI=1S/C12H21N3O8/c1-4(17)14-8-10(20)9(19)6(3-16)23-11(8)15-7(18)2-5(13)12(21)22/h5-6,8-11,16,19-20H,2-3,13H2,1H3,(H,14,17)(H,15,18)(H,21,22)/t5-,6+,8+,9+,10+,11+/m0/s1/i1D2. The van der Waals surface area contributed by atoms with Crippen LogP contribution in [0, 0.1) is 0 Å². The molecule has 11 nitrogen and oxygen atoms in total. The number of ether oxygens (including phenoxy) is 1. The fourth-order valence-corrected chi connectivity index (χ4v) is 2.07. The van der Waals surface area contributed by atoms with E-state index >= 15 is 0 Å². The topological polar surface area (TPSA) is 191 Å². The first-order valence-electron chi connectivity index (χ1n) is 7.79. The summed E-state index contributed by atoms with van der Waals surface area (Å²) in [7, 11) is 0. The van der Waals surface area contributed by atoms with Crippen LogP contribution >= 0.6 is 0 Å². The Morgan fingerprint density at radius 1 is 1.30 bits per heavy atom. The molecule has 1 saturated heterocycles. The molecule has 6 atom stereocenters. The first-order valence-corrected chi connectivity index (χ1v) is 6.63. The van der Waals surface area contributed by atoms with Gasteiger partial charge in [0.1, 0.15) is 30.4 Å². The van der Waals surface area contributed by atoms with Gasteiger partial charge in [-0.25, -0.2) is 0 Å². The molecule has 8 N–H and O–H groups in total. The summed E-state index contributed by atoms with van der Waals surface area (Å²) < 4.78 is 19.2.